The van der Waals surface area contributed by atoms with E-state index in [1.54, 1.807) is 12.1 Å². The Balaban J connectivity index is 3.14. The van der Waals surface area contributed by atoms with Crippen LogP contribution < -0.4 is 9.46 Å². The van der Waals surface area contributed by atoms with E-state index in [4.69, 9.17) is 9.84 Å². The SMILES string of the molecule is CCC(C)C(C)NS(=O)(=O)c1cc(CO)ccc1OC. The molecular formula is C14H23NO4S. The number of sulfonamides is 1. The lowest BCUT2D eigenvalue weighted by molar-refractivity contribution is 0.281. The molecule has 2 atom stereocenters. The molecule has 0 amide bonds. The molecule has 1 rings (SSSR count). The second-order valence-electron chi connectivity index (χ2n) is 4.94. The molecule has 0 saturated carbocycles. The molecule has 0 fully saturated rings. The van der Waals surface area contributed by atoms with Crippen molar-refractivity contribution in [1.29, 1.82) is 0 Å². The lowest BCUT2D eigenvalue weighted by atomic mass is 10.0. The van der Waals surface area contributed by atoms with Gasteiger partial charge in [0.15, 0.2) is 0 Å². The summed E-state index contributed by atoms with van der Waals surface area (Å²) in [4.78, 5) is 0.0571. The van der Waals surface area contributed by atoms with Gasteiger partial charge in [0.25, 0.3) is 0 Å². The highest BCUT2D eigenvalue weighted by Gasteiger charge is 2.24. The Labute approximate surface area is 121 Å². The number of hydrogen-bond acceptors (Lipinski definition) is 4. The van der Waals surface area contributed by atoms with Crippen molar-refractivity contribution in [2.24, 2.45) is 5.92 Å². The van der Waals surface area contributed by atoms with Crippen molar-refractivity contribution in [2.45, 2.75) is 44.7 Å². The zero-order valence-electron chi connectivity index (χ0n) is 12.4. The minimum Gasteiger partial charge on any atom is -0.495 e. The van der Waals surface area contributed by atoms with Crippen LogP contribution >= 0.6 is 0 Å². The first-order chi connectivity index (χ1) is 9.35. The number of ether oxygens (including phenoxy) is 1. The maximum Gasteiger partial charge on any atom is 0.244 e. The summed E-state index contributed by atoms with van der Waals surface area (Å²) in [5, 5.41) is 9.14. The summed E-state index contributed by atoms with van der Waals surface area (Å²) in [6.45, 7) is 5.64. The van der Waals surface area contributed by atoms with Gasteiger partial charge in [0.1, 0.15) is 10.6 Å². The van der Waals surface area contributed by atoms with Crippen LogP contribution in [0.4, 0.5) is 0 Å². The smallest absolute Gasteiger partial charge is 0.244 e. The fourth-order valence-corrected chi connectivity index (χ4v) is 3.38. The van der Waals surface area contributed by atoms with E-state index < -0.39 is 10.0 Å². The van der Waals surface area contributed by atoms with E-state index in [1.807, 2.05) is 20.8 Å². The Kier molecular flexibility index (Phi) is 5.98. The van der Waals surface area contributed by atoms with Crippen LogP contribution in [0, 0.1) is 5.92 Å². The normalized spacial score (nSPS) is 14.8. The minimum atomic E-state index is -3.68. The molecule has 5 nitrogen and oxygen atoms in total. The molecule has 1 aromatic carbocycles. The van der Waals surface area contributed by atoms with Gasteiger partial charge in [0.05, 0.1) is 13.7 Å². The van der Waals surface area contributed by atoms with Crippen molar-refractivity contribution in [2.75, 3.05) is 7.11 Å². The molecule has 6 heteroatoms. The molecule has 1 aromatic rings. The van der Waals surface area contributed by atoms with Gasteiger partial charge in [-0.2, -0.15) is 0 Å². The molecule has 0 heterocycles. The van der Waals surface area contributed by atoms with Crippen LogP contribution in [0.25, 0.3) is 0 Å². The number of aliphatic hydroxyl groups is 1. The van der Waals surface area contributed by atoms with Crippen LogP contribution in [0.2, 0.25) is 0 Å². The lowest BCUT2D eigenvalue weighted by Crippen LogP contribution is -2.37. The van der Waals surface area contributed by atoms with E-state index in [2.05, 4.69) is 4.72 Å². The summed E-state index contributed by atoms with van der Waals surface area (Å²) in [5.41, 5.74) is 0.530. The highest BCUT2D eigenvalue weighted by atomic mass is 32.2. The second kappa shape index (κ2) is 7.06. The number of benzene rings is 1. The van der Waals surface area contributed by atoms with Gasteiger partial charge in [-0.1, -0.05) is 26.3 Å². The molecule has 0 aliphatic heterocycles. The molecule has 0 aliphatic carbocycles. The summed E-state index contributed by atoms with van der Waals surface area (Å²) in [6, 6.07) is 4.45. The van der Waals surface area contributed by atoms with Crippen molar-refractivity contribution < 1.29 is 18.3 Å². The number of nitrogens with one attached hydrogen (secondary N) is 1. The van der Waals surface area contributed by atoms with E-state index in [1.165, 1.54) is 13.2 Å². The highest BCUT2D eigenvalue weighted by molar-refractivity contribution is 7.89. The summed E-state index contributed by atoms with van der Waals surface area (Å²) >= 11 is 0. The molecule has 2 unspecified atom stereocenters. The van der Waals surface area contributed by atoms with Crippen molar-refractivity contribution >= 4 is 10.0 Å². The molecule has 2 N–H and O–H groups in total. The van der Waals surface area contributed by atoms with Crippen molar-refractivity contribution in [1.82, 2.24) is 4.72 Å². The van der Waals surface area contributed by atoms with Gasteiger partial charge in [0, 0.05) is 6.04 Å². The first-order valence-corrected chi connectivity index (χ1v) is 8.14. The van der Waals surface area contributed by atoms with Crippen LogP contribution in [-0.4, -0.2) is 26.7 Å². The maximum atomic E-state index is 12.4. The Hall–Kier alpha value is -1.11. The van der Waals surface area contributed by atoms with Gasteiger partial charge in [-0.15, -0.1) is 0 Å². The molecule has 0 bridgehead atoms. The fraction of sp³-hybridized carbons (Fsp3) is 0.571. The lowest BCUT2D eigenvalue weighted by Gasteiger charge is -2.20. The molecule has 114 valence electrons. The Morgan fingerprint density at radius 3 is 2.50 bits per heavy atom. The standard InChI is InChI=1S/C14H23NO4S/c1-5-10(2)11(3)15-20(17,18)14-8-12(9-16)6-7-13(14)19-4/h6-8,10-11,15-16H,5,9H2,1-4H3. The largest absolute Gasteiger partial charge is 0.495 e. The number of hydrogen-bond donors (Lipinski definition) is 2. The van der Waals surface area contributed by atoms with Crippen LogP contribution in [0.5, 0.6) is 5.75 Å². The number of rotatable bonds is 7. The van der Waals surface area contributed by atoms with Crippen LogP contribution in [0.3, 0.4) is 0 Å². The Morgan fingerprint density at radius 1 is 1.35 bits per heavy atom. The quantitative estimate of drug-likeness (QED) is 0.806. The third-order valence-electron chi connectivity index (χ3n) is 3.54. The highest BCUT2D eigenvalue weighted by Crippen LogP contribution is 2.25. The van der Waals surface area contributed by atoms with Crippen molar-refractivity contribution in [3.63, 3.8) is 0 Å². The number of methoxy groups -OCH3 is 1. The summed E-state index contributed by atoms with van der Waals surface area (Å²) in [7, 11) is -2.25. The predicted molar refractivity (Wildman–Crippen MR) is 78.2 cm³/mol. The fourth-order valence-electron chi connectivity index (χ4n) is 1.81. The van der Waals surface area contributed by atoms with E-state index in [0.29, 0.717) is 5.56 Å². The van der Waals surface area contributed by atoms with Gasteiger partial charge in [-0.05, 0) is 30.5 Å². The average Bonchev–Trinajstić information content (AvgIpc) is 2.44. The molecule has 0 spiro atoms. The second-order valence-corrected chi connectivity index (χ2v) is 6.62. The van der Waals surface area contributed by atoms with Crippen LogP contribution in [0.15, 0.2) is 23.1 Å². The minimum absolute atomic E-state index is 0.0571. The topological polar surface area (TPSA) is 75.6 Å². The molecule has 0 aromatic heterocycles. The van der Waals surface area contributed by atoms with E-state index in [-0.39, 0.29) is 29.2 Å². The first-order valence-electron chi connectivity index (χ1n) is 6.65. The Bertz CT molecular complexity index is 542. The van der Waals surface area contributed by atoms with Crippen molar-refractivity contribution in [3.05, 3.63) is 23.8 Å². The third kappa shape index (κ3) is 3.94. The van der Waals surface area contributed by atoms with E-state index >= 15 is 0 Å². The third-order valence-corrected chi connectivity index (χ3v) is 5.12. The summed E-state index contributed by atoms with van der Waals surface area (Å²) < 4.78 is 32.6. The summed E-state index contributed by atoms with van der Waals surface area (Å²) in [6.07, 6.45) is 0.886. The predicted octanol–water partition coefficient (Wildman–Crippen LogP) is 1.90. The van der Waals surface area contributed by atoms with Crippen molar-refractivity contribution in [3.8, 4) is 5.75 Å². The Morgan fingerprint density at radius 2 is 2.00 bits per heavy atom. The van der Waals surface area contributed by atoms with Crippen LogP contribution in [-0.2, 0) is 16.6 Å². The van der Waals surface area contributed by atoms with E-state index in [0.717, 1.165) is 6.42 Å². The van der Waals surface area contributed by atoms with E-state index in [9.17, 15) is 8.42 Å². The van der Waals surface area contributed by atoms with Gasteiger partial charge in [-0.25, -0.2) is 13.1 Å². The van der Waals surface area contributed by atoms with Crippen LogP contribution in [0.1, 0.15) is 32.8 Å². The molecule has 0 saturated heterocycles. The van der Waals surface area contributed by atoms with Gasteiger partial charge < -0.3 is 9.84 Å². The van der Waals surface area contributed by atoms with Gasteiger partial charge >= 0.3 is 0 Å². The monoisotopic (exact) mass is 301 g/mol. The van der Waals surface area contributed by atoms with Gasteiger partial charge in [0.2, 0.25) is 10.0 Å². The maximum absolute atomic E-state index is 12.4. The van der Waals surface area contributed by atoms with Gasteiger partial charge in [-0.3, -0.25) is 0 Å². The zero-order chi connectivity index (χ0) is 15.3. The molecule has 20 heavy (non-hydrogen) atoms. The zero-order valence-corrected chi connectivity index (χ0v) is 13.2. The molecule has 0 radical (unpaired) electrons. The first kappa shape index (κ1) is 16.9. The molecular weight excluding hydrogens is 278 g/mol. The number of aliphatic hydroxyl groups excluding tert-OH is 1. The molecule has 0 aliphatic rings. The summed E-state index contributed by atoms with van der Waals surface area (Å²) in [5.74, 6) is 0.503. The average molecular weight is 301 g/mol.